The topological polar surface area (TPSA) is 65.2 Å². The number of halogens is 1. The summed E-state index contributed by atoms with van der Waals surface area (Å²) in [6.45, 7) is 1.94. The van der Waals surface area contributed by atoms with Crippen molar-refractivity contribution in [1.82, 2.24) is 10.3 Å². The molecule has 0 radical (unpaired) electrons. The third kappa shape index (κ3) is 4.89. The second-order valence-corrected chi connectivity index (χ2v) is 9.53. The van der Waals surface area contributed by atoms with E-state index in [0.717, 1.165) is 53.3 Å². The first-order valence-corrected chi connectivity index (χ1v) is 12.5. The van der Waals surface area contributed by atoms with Crippen molar-refractivity contribution in [2.45, 2.75) is 51.1 Å². The van der Waals surface area contributed by atoms with Gasteiger partial charge in [-0.1, -0.05) is 55.3 Å². The average Bonchev–Trinajstić information content (AvgIpc) is 3.54. The Balaban J connectivity index is 1.58. The molecule has 2 amide bonds. The molecule has 0 bridgehead atoms. The fraction of sp³-hybridized carbons (Fsp3) is 0.267. The van der Waals surface area contributed by atoms with Crippen LogP contribution in [-0.4, -0.2) is 22.8 Å². The van der Waals surface area contributed by atoms with Gasteiger partial charge in [-0.15, -0.1) is 0 Å². The Kier molecular flexibility index (Phi) is 6.85. The molecule has 1 heterocycles. The molecule has 184 valence electrons. The lowest BCUT2D eigenvalue weighted by atomic mass is 9.97. The zero-order valence-electron chi connectivity index (χ0n) is 20.3. The van der Waals surface area contributed by atoms with Gasteiger partial charge < -0.3 is 10.3 Å². The number of aromatic amines is 1. The van der Waals surface area contributed by atoms with Crippen LogP contribution in [0, 0.1) is 12.7 Å². The molecule has 3 aromatic carbocycles. The molecule has 0 spiro atoms. The van der Waals surface area contributed by atoms with E-state index < -0.39 is 11.9 Å². The van der Waals surface area contributed by atoms with Crippen LogP contribution in [0.4, 0.5) is 10.1 Å². The molecule has 1 fully saturated rings. The second-order valence-electron chi connectivity index (χ2n) is 9.53. The van der Waals surface area contributed by atoms with Crippen LogP contribution < -0.4 is 10.2 Å². The number of para-hydroxylation sites is 1. The van der Waals surface area contributed by atoms with Crippen LogP contribution in [0.25, 0.3) is 10.9 Å². The van der Waals surface area contributed by atoms with Crippen molar-refractivity contribution in [3.8, 4) is 0 Å². The van der Waals surface area contributed by atoms with E-state index in [4.69, 9.17) is 0 Å². The van der Waals surface area contributed by atoms with Crippen LogP contribution in [0.2, 0.25) is 0 Å². The number of aromatic nitrogens is 1. The van der Waals surface area contributed by atoms with Crippen LogP contribution in [-0.2, 0) is 16.0 Å². The summed E-state index contributed by atoms with van der Waals surface area (Å²) in [6, 6.07) is 20.5. The summed E-state index contributed by atoms with van der Waals surface area (Å²) in [7, 11) is 0. The Labute approximate surface area is 210 Å². The van der Waals surface area contributed by atoms with Gasteiger partial charge in [-0.3, -0.25) is 14.5 Å². The van der Waals surface area contributed by atoms with Gasteiger partial charge >= 0.3 is 0 Å². The molecule has 5 nitrogen and oxygen atoms in total. The van der Waals surface area contributed by atoms with E-state index >= 15 is 0 Å². The molecule has 4 aromatic rings. The molecule has 1 aromatic heterocycles. The summed E-state index contributed by atoms with van der Waals surface area (Å²) >= 11 is 0. The first kappa shape index (κ1) is 23.8. The molecule has 0 aliphatic heterocycles. The van der Waals surface area contributed by atoms with Gasteiger partial charge in [0.1, 0.15) is 11.9 Å². The predicted octanol–water partition coefficient (Wildman–Crippen LogP) is 5.99. The number of benzene rings is 3. The number of nitrogens with one attached hydrogen (secondary N) is 2. The normalized spacial score (nSPS) is 14.6. The number of carbonyl (C=O) groups excluding carboxylic acids is 2. The van der Waals surface area contributed by atoms with Crippen molar-refractivity contribution >= 4 is 28.4 Å². The monoisotopic (exact) mass is 483 g/mol. The number of hydrogen-bond donors (Lipinski definition) is 2. The van der Waals surface area contributed by atoms with Gasteiger partial charge in [0.25, 0.3) is 0 Å². The molecule has 1 aliphatic carbocycles. The molecule has 36 heavy (non-hydrogen) atoms. The number of anilines is 1. The lowest BCUT2D eigenvalue weighted by Crippen LogP contribution is -2.47. The minimum absolute atomic E-state index is 0.0977. The number of hydrogen-bond acceptors (Lipinski definition) is 2. The Morgan fingerprint density at radius 1 is 1.00 bits per heavy atom. The SMILES string of the molecule is Cc1ccccc1C(C(=O)NC1CCCC1)N(C(=O)Cc1c[nH]c2ccccc12)c1ccc(F)cc1. The molecule has 6 heteroatoms. The number of aryl methyl sites for hydroxylation is 1. The quantitative estimate of drug-likeness (QED) is 0.339. The zero-order valence-corrected chi connectivity index (χ0v) is 20.3. The van der Waals surface area contributed by atoms with Crippen LogP contribution in [0.1, 0.15) is 48.4 Å². The zero-order chi connectivity index (χ0) is 25.1. The van der Waals surface area contributed by atoms with Crippen molar-refractivity contribution in [3.05, 3.63) is 102 Å². The van der Waals surface area contributed by atoms with E-state index in [2.05, 4.69) is 10.3 Å². The Morgan fingerprint density at radius 3 is 2.44 bits per heavy atom. The van der Waals surface area contributed by atoms with Gasteiger partial charge in [-0.05, 0) is 66.8 Å². The third-order valence-electron chi connectivity index (χ3n) is 7.08. The molecular formula is C30H30FN3O2. The maximum absolute atomic E-state index is 14.0. The molecule has 1 saturated carbocycles. The van der Waals surface area contributed by atoms with Gasteiger partial charge in [0.2, 0.25) is 11.8 Å². The predicted molar refractivity (Wildman–Crippen MR) is 140 cm³/mol. The summed E-state index contributed by atoms with van der Waals surface area (Å²) in [5.41, 5.74) is 3.95. The van der Waals surface area contributed by atoms with Crippen molar-refractivity contribution in [3.63, 3.8) is 0 Å². The average molecular weight is 484 g/mol. The van der Waals surface area contributed by atoms with Crippen LogP contribution in [0.15, 0.2) is 79.0 Å². The third-order valence-corrected chi connectivity index (χ3v) is 7.08. The van der Waals surface area contributed by atoms with E-state index in [9.17, 15) is 14.0 Å². The Bertz CT molecular complexity index is 1370. The van der Waals surface area contributed by atoms with Crippen LogP contribution in [0.5, 0.6) is 0 Å². The smallest absolute Gasteiger partial charge is 0.248 e. The fourth-order valence-electron chi connectivity index (χ4n) is 5.21. The maximum atomic E-state index is 14.0. The summed E-state index contributed by atoms with van der Waals surface area (Å²) < 4.78 is 13.9. The van der Waals surface area contributed by atoms with E-state index in [1.165, 1.54) is 17.0 Å². The first-order chi connectivity index (χ1) is 17.5. The van der Waals surface area contributed by atoms with E-state index in [1.807, 2.05) is 61.7 Å². The molecule has 1 aliphatic rings. The largest absolute Gasteiger partial charge is 0.361 e. The van der Waals surface area contributed by atoms with E-state index in [1.54, 1.807) is 12.1 Å². The summed E-state index contributed by atoms with van der Waals surface area (Å²) in [6.07, 6.45) is 5.98. The Hall–Kier alpha value is -3.93. The highest BCUT2D eigenvalue weighted by Gasteiger charge is 2.35. The summed E-state index contributed by atoms with van der Waals surface area (Å²) in [5, 5.41) is 4.16. The number of fused-ring (bicyclic) bond motifs is 1. The molecule has 5 rings (SSSR count). The second kappa shape index (κ2) is 10.4. The summed E-state index contributed by atoms with van der Waals surface area (Å²) in [5.74, 6) is -0.848. The van der Waals surface area contributed by atoms with Gasteiger partial charge in [0, 0.05) is 28.8 Å². The standard InChI is InChI=1S/C30H30FN3O2/c1-20-8-2-5-11-25(20)29(30(36)33-23-9-3-4-10-23)34(24-16-14-22(31)15-17-24)28(35)18-21-19-32-27-13-7-6-12-26(21)27/h2,5-8,11-17,19,23,29,32H,3-4,9-10,18H2,1H3,(H,33,36). The number of H-pyrrole nitrogens is 1. The van der Waals surface area contributed by atoms with Crippen molar-refractivity contribution < 1.29 is 14.0 Å². The molecule has 1 unspecified atom stereocenters. The minimum atomic E-state index is -0.880. The van der Waals surface area contributed by atoms with Crippen molar-refractivity contribution in [2.24, 2.45) is 0 Å². The van der Waals surface area contributed by atoms with Crippen LogP contribution in [0.3, 0.4) is 0 Å². The maximum Gasteiger partial charge on any atom is 0.248 e. The van der Waals surface area contributed by atoms with E-state index in [0.29, 0.717) is 5.69 Å². The molecule has 0 saturated heterocycles. The van der Waals surface area contributed by atoms with E-state index in [-0.39, 0.29) is 24.3 Å². The number of nitrogens with zero attached hydrogens (tertiary/aromatic N) is 1. The van der Waals surface area contributed by atoms with Gasteiger partial charge in [0.05, 0.1) is 6.42 Å². The highest BCUT2D eigenvalue weighted by atomic mass is 19.1. The van der Waals surface area contributed by atoms with Crippen molar-refractivity contribution in [1.29, 1.82) is 0 Å². The lowest BCUT2D eigenvalue weighted by Gasteiger charge is -2.33. The highest BCUT2D eigenvalue weighted by molar-refractivity contribution is 6.03. The number of amides is 2. The van der Waals surface area contributed by atoms with Crippen LogP contribution >= 0.6 is 0 Å². The molecule has 2 N–H and O–H groups in total. The summed E-state index contributed by atoms with van der Waals surface area (Å²) in [4.78, 5) is 32.7. The first-order valence-electron chi connectivity index (χ1n) is 12.5. The van der Waals surface area contributed by atoms with Gasteiger partial charge in [-0.2, -0.15) is 0 Å². The minimum Gasteiger partial charge on any atom is -0.361 e. The number of carbonyl (C=O) groups is 2. The fourth-order valence-corrected chi connectivity index (χ4v) is 5.21. The lowest BCUT2D eigenvalue weighted by molar-refractivity contribution is -0.127. The molecular weight excluding hydrogens is 453 g/mol. The highest BCUT2D eigenvalue weighted by Crippen LogP contribution is 2.32. The Morgan fingerprint density at radius 2 is 1.69 bits per heavy atom. The van der Waals surface area contributed by atoms with Crippen molar-refractivity contribution in [2.75, 3.05) is 4.90 Å². The molecule has 1 atom stereocenters. The number of rotatable bonds is 7. The van der Waals surface area contributed by atoms with Gasteiger partial charge in [-0.25, -0.2) is 4.39 Å². The van der Waals surface area contributed by atoms with Gasteiger partial charge in [0.15, 0.2) is 0 Å².